The molecule has 0 aliphatic rings. The maximum Gasteiger partial charge on any atom is 0.159 e. The molecule has 0 amide bonds. The van der Waals surface area contributed by atoms with E-state index in [1.165, 1.54) is 0 Å². The van der Waals surface area contributed by atoms with Crippen LogP contribution in [0.4, 0.5) is 4.39 Å². The highest BCUT2D eigenvalue weighted by Gasteiger charge is 2.05. The lowest BCUT2D eigenvalue weighted by atomic mass is 10.2. The Morgan fingerprint density at radius 2 is 2.40 bits per heavy atom. The summed E-state index contributed by atoms with van der Waals surface area (Å²) >= 11 is 0. The number of pyridine rings is 1. The van der Waals surface area contributed by atoms with Gasteiger partial charge in [-0.1, -0.05) is 13.3 Å². The van der Waals surface area contributed by atoms with Gasteiger partial charge in [-0.2, -0.15) is 5.10 Å². The first-order valence-electron chi connectivity index (χ1n) is 6.73. The van der Waals surface area contributed by atoms with E-state index >= 15 is 0 Å². The van der Waals surface area contributed by atoms with E-state index in [9.17, 15) is 4.39 Å². The molecule has 0 spiro atoms. The fraction of sp³-hybridized carbons (Fsp3) is 0.429. The number of fused-ring (bicyclic) bond motifs is 1. The van der Waals surface area contributed by atoms with Gasteiger partial charge in [0.2, 0.25) is 0 Å². The molecular weight excluding hydrogens is 259 g/mol. The average molecular weight is 278 g/mol. The number of hydrogen-bond donors (Lipinski definition) is 1. The van der Waals surface area contributed by atoms with Crippen LogP contribution in [0.2, 0.25) is 0 Å². The fourth-order valence-corrected chi connectivity index (χ4v) is 1.75. The molecule has 0 unspecified atom stereocenters. The predicted octanol–water partition coefficient (Wildman–Crippen LogP) is 2.26. The number of nitrogens with two attached hydrogens (primary N) is 1. The molecule has 108 valence electrons. The Kier molecular flexibility index (Phi) is 5.06. The smallest absolute Gasteiger partial charge is 0.159 e. The van der Waals surface area contributed by atoms with Crippen LogP contribution in [0.1, 0.15) is 25.6 Å². The van der Waals surface area contributed by atoms with Gasteiger partial charge in [0.1, 0.15) is 12.4 Å². The zero-order valence-corrected chi connectivity index (χ0v) is 11.6. The molecule has 2 rings (SSSR count). The van der Waals surface area contributed by atoms with E-state index in [0.29, 0.717) is 17.7 Å². The summed E-state index contributed by atoms with van der Waals surface area (Å²) < 4.78 is 19.6. The summed E-state index contributed by atoms with van der Waals surface area (Å²) in [6, 6.07) is 3.56. The number of halogens is 1. The monoisotopic (exact) mass is 278 g/mol. The highest BCUT2D eigenvalue weighted by molar-refractivity contribution is 5.43. The van der Waals surface area contributed by atoms with Gasteiger partial charge in [-0.05, 0) is 12.5 Å². The first-order chi connectivity index (χ1) is 9.76. The summed E-state index contributed by atoms with van der Waals surface area (Å²) in [5, 5.41) is 4.38. The van der Waals surface area contributed by atoms with E-state index in [2.05, 4.69) is 17.0 Å². The Balaban J connectivity index is 2.08. The zero-order valence-electron chi connectivity index (χ0n) is 11.6. The standard InChI is InChI=1S/C14H19FN4O/c1-2-3-4-13-17-14-7-12(5-6-19(14)18-13)20-10-11(8-15)9-16/h5-8H,2-4,9-10,16H2,1H3/b11-8+. The molecule has 0 atom stereocenters. The third-order valence-electron chi connectivity index (χ3n) is 2.95. The van der Waals surface area contributed by atoms with Crippen molar-refractivity contribution in [1.82, 2.24) is 14.6 Å². The second-order valence-corrected chi connectivity index (χ2v) is 4.56. The zero-order chi connectivity index (χ0) is 14.4. The van der Waals surface area contributed by atoms with Crippen molar-refractivity contribution >= 4 is 5.65 Å². The molecule has 2 aromatic heterocycles. The molecule has 6 heteroatoms. The molecule has 0 aliphatic carbocycles. The normalized spacial score (nSPS) is 12.1. The average Bonchev–Trinajstić information content (AvgIpc) is 2.88. The molecule has 0 saturated carbocycles. The van der Waals surface area contributed by atoms with Gasteiger partial charge in [-0.3, -0.25) is 0 Å². The molecule has 0 fully saturated rings. The Hall–Kier alpha value is -1.95. The van der Waals surface area contributed by atoms with Crippen LogP contribution in [0.3, 0.4) is 0 Å². The first kappa shape index (κ1) is 14.5. The minimum atomic E-state index is 0.139. The van der Waals surface area contributed by atoms with Crippen LogP contribution in [0.15, 0.2) is 30.2 Å². The number of nitrogens with zero attached hydrogens (tertiary/aromatic N) is 3. The van der Waals surface area contributed by atoms with Gasteiger partial charge in [-0.25, -0.2) is 13.9 Å². The molecular formula is C14H19FN4O. The van der Waals surface area contributed by atoms with Gasteiger partial charge in [-0.15, -0.1) is 0 Å². The van der Waals surface area contributed by atoms with Crippen molar-refractivity contribution in [3.63, 3.8) is 0 Å². The van der Waals surface area contributed by atoms with Crippen molar-refractivity contribution in [2.75, 3.05) is 13.2 Å². The molecule has 2 N–H and O–H groups in total. The largest absolute Gasteiger partial charge is 0.489 e. The molecule has 2 heterocycles. The quantitative estimate of drug-likeness (QED) is 0.843. The highest BCUT2D eigenvalue weighted by Crippen LogP contribution is 2.14. The second-order valence-electron chi connectivity index (χ2n) is 4.56. The molecule has 0 aromatic carbocycles. The number of rotatable bonds is 7. The minimum Gasteiger partial charge on any atom is -0.489 e. The topological polar surface area (TPSA) is 65.4 Å². The van der Waals surface area contributed by atoms with Crippen LogP contribution >= 0.6 is 0 Å². The molecule has 0 aliphatic heterocycles. The summed E-state index contributed by atoms with van der Waals surface area (Å²) in [7, 11) is 0. The number of ether oxygens (including phenoxy) is 1. The van der Waals surface area contributed by atoms with Gasteiger partial charge < -0.3 is 10.5 Å². The van der Waals surface area contributed by atoms with Crippen LogP contribution < -0.4 is 10.5 Å². The van der Waals surface area contributed by atoms with E-state index in [0.717, 1.165) is 30.7 Å². The van der Waals surface area contributed by atoms with Gasteiger partial charge in [0, 0.05) is 30.8 Å². The minimum absolute atomic E-state index is 0.139. The van der Waals surface area contributed by atoms with E-state index in [4.69, 9.17) is 10.5 Å². The molecule has 0 saturated heterocycles. The lowest BCUT2D eigenvalue weighted by Gasteiger charge is -2.06. The Morgan fingerprint density at radius 1 is 1.55 bits per heavy atom. The van der Waals surface area contributed by atoms with Crippen molar-refractivity contribution in [3.8, 4) is 5.75 Å². The maximum absolute atomic E-state index is 12.4. The van der Waals surface area contributed by atoms with Crippen LogP contribution in [0.5, 0.6) is 5.75 Å². The van der Waals surface area contributed by atoms with Crippen molar-refractivity contribution < 1.29 is 9.13 Å². The Bertz CT molecular complexity index is 594. The van der Waals surface area contributed by atoms with E-state index in [1.807, 2.05) is 0 Å². The van der Waals surface area contributed by atoms with Crippen molar-refractivity contribution in [1.29, 1.82) is 0 Å². The fourth-order valence-electron chi connectivity index (χ4n) is 1.75. The van der Waals surface area contributed by atoms with Crippen LogP contribution in [0, 0.1) is 0 Å². The van der Waals surface area contributed by atoms with Crippen molar-refractivity contribution in [2.45, 2.75) is 26.2 Å². The molecule has 5 nitrogen and oxygen atoms in total. The van der Waals surface area contributed by atoms with Gasteiger partial charge >= 0.3 is 0 Å². The molecule has 0 bridgehead atoms. The van der Waals surface area contributed by atoms with Gasteiger partial charge in [0.15, 0.2) is 11.5 Å². The summed E-state index contributed by atoms with van der Waals surface area (Å²) in [4.78, 5) is 4.44. The van der Waals surface area contributed by atoms with E-state index in [-0.39, 0.29) is 13.2 Å². The third kappa shape index (κ3) is 3.54. The number of hydrogen-bond acceptors (Lipinski definition) is 4. The summed E-state index contributed by atoms with van der Waals surface area (Å²) in [5.74, 6) is 1.45. The summed E-state index contributed by atoms with van der Waals surface area (Å²) in [6.07, 6.45) is 5.33. The second kappa shape index (κ2) is 7.00. The molecule has 20 heavy (non-hydrogen) atoms. The Labute approximate surface area is 117 Å². The lowest BCUT2D eigenvalue weighted by molar-refractivity contribution is 0.347. The number of unbranched alkanes of at least 4 members (excludes halogenated alkanes) is 1. The van der Waals surface area contributed by atoms with Gasteiger partial charge in [0.05, 0.1) is 6.33 Å². The van der Waals surface area contributed by atoms with Crippen LogP contribution in [-0.4, -0.2) is 27.7 Å². The van der Waals surface area contributed by atoms with Gasteiger partial charge in [0.25, 0.3) is 0 Å². The Morgan fingerprint density at radius 3 is 3.10 bits per heavy atom. The maximum atomic E-state index is 12.4. The lowest BCUT2D eigenvalue weighted by Crippen LogP contribution is -2.10. The van der Waals surface area contributed by atoms with Crippen LogP contribution in [0.25, 0.3) is 5.65 Å². The van der Waals surface area contributed by atoms with Crippen molar-refractivity contribution in [2.24, 2.45) is 5.73 Å². The molecule has 0 radical (unpaired) electrons. The molecule has 2 aromatic rings. The van der Waals surface area contributed by atoms with Crippen molar-refractivity contribution in [3.05, 3.63) is 36.1 Å². The number of aryl methyl sites for hydroxylation is 1. The van der Waals surface area contributed by atoms with E-state index in [1.54, 1.807) is 22.8 Å². The SMILES string of the molecule is CCCCc1nc2cc(OC/C(=C/F)CN)ccn2n1. The summed E-state index contributed by atoms with van der Waals surface area (Å²) in [5.41, 5.74) is 6.51. The number of aromatic nitrogens is 3. The highest BCUT2D eigenvalue weighted by atomic mass is 19.1. The van der Waals surface area contributed by atoms with E-state index < -0.39 is 0 Å². The predicted molar refractivity (Wildman–Crippen MR) is 75.3 cm³/mol. The van der Waals surface area contributed by atoms with Crippen LogP contribution in [-0.2, 0) is 6.42 Å². The summed E-state index contributed by atoms with van der Waals surface area (Å²) in [6.45, 7) is 2.42. The first-order valence-corrected chi connectivity index (χ1v) is 6.73. The third-order valence-corrected chi connectivity index (χ3v) is 2.95.